The first-order valence-electron chi connectivity index (χ1n) is 10.5. The van der Waals surface area contributed by atoms with E-state index in [1.54, 1.807) is 0 Å². The fourth-order valence-electron chi connectivity index (χ4n) is 3.20. The van der Waals surface area contributed by atoms with Crippen LogP contribution in [0.5, 0.6) is 0 Å². The maximum Gasteiger partial charge on any atom is 1.00 e. The second kappa shape index (κ2) is 36.5. The third-order valence-electron chi connectivity index (χ3n) is 4.44. The van der Waals surface area contributed by atoms with Crippen molar-refractivity contribution in [2.24, 2.45) is 0 Å². The molecule has 0 aromatic carbocycles. The molecule has 47 heavy (non-hydrogen) atoms. The van der Waals surface area contributed by atoms with Crippen molar-refractivity contribution in [2.75, 3.05) is 77.0 Å². The second-order valence-electron chi connectivity index (χ2n) is 8.54. The van der Waals surface area contributed by atoms with Crippen LogP contribution in [0.4, 0.5) is 0 Å². The van der Waals surface area contributed by atoms with Crippen LogP contribution in [0, 0.1) is 0 Å². The Morgan fingerprint density at radius 1 is 0.255 bits per heavy atom. The first-order valence-corrected chi connectivity index (χ1v) is 20.8. The minimum Gasteiger partial charge on any atom is -0.810 e. The smallest absolute Gasteiger partial charge is 0.810 e. The van der Waals surface area contributed by atoms with Crippen molar-refractivity contribution in [3.63, 3.8) is 0 Å². The summed E-state index contributed by atoms with van der Waals surface area (Å²) in [4.78, 5) is 135. The molecule has 0 amide bonds. The maximum absolute atomic E-state index is 11.3. The van der Waals surface area contributed by atoms with Crippen LogP contribution >= 0.6 is 45.6 Å². The molecule has 0 atom stereocenters. The van der Waals surface area contributed by atoms with Gasteiger partial charge in [-0.25, -0.2) is 0 Å². The second-order valence-corrected chi connectivity index (χ2v) is 17.6. The van der Waals surface area contributed by atoms with Crippen LogP contribution in [-0.2, 0) is 27.4 Å². The average Bonchev–Trinajstić information content (AvgIpc) is 2.60. The molecule has 0 radical (unpaired) electrons. The van der Waals surface area contributed by atoms with Gasteiger partial charge in [-0.05, 0) is 0 Å². The van der Waals surface area contributed by atoms with E-state index in [2.05, 4.69) is 0 Å². The van der Waals surface area contributed by atoms with E-state index in [0.717, 1.165) is 0 Å². The Hall–Kier alpha value is 12.2. The van der Waals surface area contributed by atoms with E-state index >= 15 is 0 Å². The zero-order valence-electron chi connectivity index (χ0n) is 27.3. The summed E-state index contributed by atoms with van der Waals surface area (Å²) in [6, 6.07) is 0. The fourth-order valence-corrected chi connectivity index (χ4v) is 7.98. The van der Waals surface area contributed by atoms with Gasteiger partial charge in [-0.3, -0.25) is 19.6 Å². The van der Waals surface area contributed by atoms with E-state index in [4.69, 9.17) is 0 Å². The van der Waals surface area contributed by atoms with Gasteiger partial charge in [0.15, 0.2) is 0 Å². The largest absolute Gasteiger partial charge is 1.00 e. The quantitative estimate of drug-likeness (QED) is 0.0761. The van der Waals surface area contributed by atoms with Gasteiger partial charge >= 0.3 is 360 Å². The molecule has 35 heteroatoms. The Kier molecular flexibility index (Phi) is 59.4. The van der Waals surface area contributed by atoms with Crippen LogP contribution in [0.15, 0.2) is 0 Å². The molecule has 0 aliphatic heterocycles. The molecule has 22 nitrogen and oxygen atoms in total. The first-order chi connectivity index (χ1) is 17.5. The van der Waals surface area contributed by atoms with Gasteiger partial charge in [0, 0.05) is 77.0 Å². The molecule has 0 heterocycles. The monoisotopic (exact) mass is 971 g/mol. The van der Waals surface area contributed by atoms with E-state index in [1.807, 2.05) is 0 Å². The topological polar surface area (TPSA) is 392 Å². The number of rotatable bonds is 21. The number of hydrogen-bond donors (Lipinski definition) is 0. The van der Waals surface area contributed by atoms with E-state index < -0.39 is 123 Å². The SMILES string of the molecule is O=P([O-])([O-])CN(CCN(CCN(CP(=O)([O-])[O-])CP(=O)([O-])[O-])CP(=O)([O-])[O-])CCN(CP(=O)([O-])[O-])CP(=O)([O-])[O-].[K+].[K+].[K+].[K+].[K+].[K+].[K+]. The minimum atomic E-state index is -5.42. The average molecular weight is 972 g/mol. The summed E-state index contributed by atoms with van der Waals surface area (Å²) in [6.07, 6.45) is -8.51. The molecule has 0 aliphatic carbocycles. The molecule has 0 aromatic rings. The van der Waals surface area contributed by atoms with Gasteiger partial charge in [-0.1, -0.05) is 45.6 Å². The molecule has 0 saturated heterocycles. The molecule has 0 aromatic heterocycles. The molecule has 0 fully saturated rings. The van der Waals surface area contributed by atoms with Crippen molar-refractivity contribution in [1.82, 2.24) is 19.6 Å². The third-order valence-corrected chi connectivity index (χ3v) is 8.92. The minimum absolute atomic E-state index is 0. The molecule has 0 bridgehead atoms. The van der Waals surface area contributed by atoms with Crippen molar-refractivity contribution >= 4 is 45.6 Å². The van der Waals surface area contributed by atoms with Gasteiger partial charge in [0.2, 0.25) is 0 Å². The summed E-state index contributed by atoms with van der Waals surface area (Å²) < 4.78 is 66.7. The zero-order valence-corrected chi connectivity index (χ0v) is 54.5. The molecule has 242 valence electrons. The van der Waals surface area contributed by atoms with Crippen molar-refractivity contribution in [3.8, 4) is 0 Å². The summed E-state index contributed by atoms with van der Waals surface area (Å²) in [5.41, 5.74) is 0. The summed E-state index contributed by atoms with van der Waals surface area (Å²) in [7, 11) is -32.5. The fraction of sp³-hybridized carbons (Fsp3) is 1.00. The zero-order chi connectivity index (χ0) is 31.8. The van der Waals surface area contributed by atoms with E-state index in [-0.39, 0.29) is 360 Å². The van der Waals surface area contributed by atoms with Gasteiger partial charge in [0.25, 0.3) is 0 Å². The van der Waals surface area contributed by atoms with E-state index in [0.29, 0.717) is 19.6 Å². The molecule has 0 rings (SSSR count). The molecule has 0 unspecified atom stereocenters. The molecule has 0 N–H and O–H groups in total. The number of hydrogen-bond acceptors (Lipinski definition) is 22. The van der Waals surface area contributed by atoms with Gasteiger partial charge in [-0.2, -0.15) is 0 Å². The summed E-state index contributed by atoms with van der Waals surface area (Å²) in [6.45, 7) is -4.20. The predicted octanol–water partition coefficient (Wildman–Crippen LogP) is -31.6. The first kappa shape index (κ1) is 76.5. The maximum atomic E-state index is 11.3. The standard InChI is InChI=1S/C12H36N4O18P6.7K/c17-35(18,19)7-13(3-5-15(9-37(23,24)25)10-38(26,27)28)1-2-14(8-36(20,21)22)4-6-16(11-39(29,30)31)12-40(32,33)34;;;;;;;/h1-12H2,(H2,17,18,19)(H2,20,21,22)(H2,23,24,25)(H2,26,27,28)(H2,29,30,31)(H2,32,33,34);;;;;;;/q;7*+1/p-12. The van der Waals surface area contributed by atoms with E-state index in [9.17, 15) is 86.1 Å². The van der Waals surface area contributed by atoms with Crippen LogP contribution < -0.4 is 418 Å². The Balaban J connectivity index is -0.000000362. The normalized spacial score (nSPS) is 12.5. The molecular formula is C12H24K7N4O18P6-5. The van der Waals surface area contributed by atoms with Crippen LogP contribution in [0.2, 0.25) is 0 Å². The summed E-state index contributed by atoms with van der Waals surface area (Å²) in [5, 5.41) is 0. The Morgan fingerprint density at radius 2 is 0.362 bits per heavy atom. The van der Waals surface area contributed by atoms with Gasteiger partial charge in [0.1, 0.15) is 0 Å². The van der Waals surface area contributed by atoms with Crippen LogP contribution in [-0.4, -0.2) is 96.6 Å². The predicted molar refractivity (Wildman–Crippen MR) is 111 cm³/mol. The van der Waals surface area contributed by atoms with Crippen molar-refractivity contribution in [2.45, 2.75) is 0 Å². The Bertz CT molecular complexity index is 970. The van der Waals surface area contributed by atoms with Gasteiger partial charge in [-0.15, -0.1) is 0 Å². The molecular weight excluding hydrogens is 948 g/mol. The van der Waals surface area contributed by atoms with Crippen molar-refractivity contribution in [3.05, 3.63) is 0 Å². The van der Waals surface area contributed by atoms with E-state index in [1.165, 1.54) is 0 Å². The van der Waals surface area contributed by atoms with Gasteiger partial charge < -0.3 is 86.1 Å². The summed E-state index contributed by atoms with van der Waals surface area (Å²) >= 11 is 0. The van der Waals surface area contributed by atoms with Crippen LogP contribution in [0.3, 0.4) is 0 Å². The Morgan fingerprint density at radius 3 is 0.489 bits per heavy atom. The third kappa shape index (κ3) is 56.2. The molecule has 0 saturated carbocycles. The van der Waals surface area contributed by atoms with Crippen molar-refractivity contribution < 1.29 is 446 Å². The van der Waals surface area contributed by atoms with Crippen molar-refractivity contribution in [1.29, 1.82) is 0 Å². The van der Waals surface area contributed by atoms with Crippen LogP contribution in [0.1, 0.15) is 0 Å². The molecule has 0 aliphatic rings. The Labute approximate surface area is 571 Å². The molecule has 0 spiro atoms. The number of nitrogens with zero attached hydrogens (tertiary/aromatic N) is 4. The van der Waals surface area contributed by atoms with Gasteiger partial charge in [0.05, 0.1) is 0 Å². The van der Waals surface area contributed by atoms with Crippen LogP contribution in [0.25, 0.3) is 0 Å². The summed E-state index contributed by atoms with van der Waals surface area (Å²) in [5.74, 6) is 0.